The first-order valence-electron chi connectivity index (χ1n) is 6.51. The molecule has 2 rings (SSSR count). The van der Waals surface area contributed by atoms with Crippen LogP contribution in [0.25, 0.3) is 0 Å². The molecule has 1 atom stereocenters. The molecule has 1 fully saturated rings. The van der Waals surface area contributed by atoms with Crippen LogP contribution in [0.1, 0.15) is 49.8 Å². The SMILES string of the molecule is CCc1ccc(C(N=C=O)C2CCCC2)cc1. The first kappa shape index (κ1) is 12.1. The molecule has 90 valence electrons. The van der Waals surface area contributed by atoms with Crippen molar-refractivity contribution in [3.05, 3.63) is 35.4 Å². The van der Waals surface area contributed by atoms with Crippen molar-refractivity contribution in [3.8, 4) is 0 Å². The first-order chi connectivity index (χ1) is 8.35. The molecule has 0 bridgehead atoms. The van der Waals surface area contributed by atoms with Crippen LogP contribution >= 0.6 is 0 Å². The Morgan fingerprint density at radius 2 is 1.94 bits per heavy atom. The van der Waals surface area contributed by atoms with Crippen LogP contribution in [0, 0.1) is 5.92 Å². The van der Waals surface area contributed by atoms with Gasteiger partial charge in [0.1, 0.15) is 0 Å². The van der Waals surface area contributed by atoms with Crippen LogP contribution in [0.5, 0.6) is 0 Å². The molecule has 1 unspecified atom stereocenters. The summed E-state index contributed by atoms with van der Waals surface area (Å²) in [6.07, 6.45) is 7.70. The molecule has 0 radical (unpaired) electrons. The fourth-order valence-corrected chi connectivity index (χ4v) is 2.73. The maximum absolute atomic E-state index is 10.6. The van der Waals surface area contributed by atoms with Gasteiger partial charge in [0.25, 0.3) is 0 Å². The lowest BCUT2D eigenvalue weighted by molar-refractivity contribution is 0.442. The van der Waals surface area contributed by atoms with E-state index in [9.17, 15) is 4.79 Å². The van der Waals surface area contributed by atoms with Crippen molar-refractivity contribution in [3.63, 3.8) is 0 Å². The van der Waals surface area contributed by atoms with E-state index in [2.05, 4.69) is 36.2 Å². The molecule has 1 aliphatic rings. The number of hydrogen-bond acceptors (Lipinski definition) is 2. The maximum Gasteiger partial charge on any atom is 0.235 e. The van der Waals surface area contributed by atoms with Gasteiger partial charge in [0.05, 0.1) is 6.04 Å². The zero-order chi connectivity index (χ0) is 12.1. The first-order valence-corrected chi connectivity index (χ1v) is 6.51. The highest BCUT2D eigenvalue weighted by Crippen LogP contribution is 2.37. The van der Waals surface area contributed by atoms with Gasteiger partial charge < -0.3 is 0 Å². The quantitative estimate of drug-likeness (QED) is 0.570. The Kier molecular flexibility index (Phi) is 4.11. The predicted octanol–water partition coefficient (Wildman–Crippen LogP) is 3.82. The zero-order valence-corrected chi connectivity index (χ0v) is 10.4. The van der Waals surface area contributed by atoms with Crippen molar-refractivity contribution < 1.29 is 4.79 Å². The van der Waals surface area contributed by atoms with Crippen molar-refractivity contribution in [2.24, 2.45) is 10.9 Å². The topological polar surface area (TPSA) is 29.4 Å². The highest BCUT2D eigenvalue weighted by molar-refractivity contribution is 5.36. The number of aliphatic imine (C=N–C) groups is 1. The van der Waals surface area contributed by atoms with E-state index in [0.29, 0.717) is 5.92 Å². The van der Waals surface area contributed by atoms with Crippen molar-refractivity contribution >= 4 is 6.08 Å². The minimum Gasteiger partial charge on any atom is -0.211 e. The Bertz CT molecular complexity index is 397. The smallest absolute Gasteiger partial charge is 0.211 e. The number of benzene rings is 1. The summed E-state index contributed by atoms with van der Waals surface area (Å²) in [7, 11) is 0. The maximum atomic E-state index is 10.6. The Balaban J connectivity index is 2.21. The van der Waals surface area contributed by atoms with Gasteiger partial charge in [0, 0.05) is 0 Å². The Hall–Kier alpha value is -1.40. The molecule has 2 nitrogen and oxygen atoms in total. The zero-order valence-electron chi connectivity index (χ0n) is 10.4. The molecule has 0 aliphatic heterocycles. The van der Waals surface area contributed by atoms with Crippen LogP contribution in [0.4, 0.5) is 0 Å². The number of aryl methyl sites for hydroxylation is 1. The van der Waals surface area contributed by atoms with Crippen LogP contribution in [-0.4, -0.2) is 6.08 Å². The second-order valence-corrected chi connectivity index (χ2v) is 4.80. The van der Waals surface area contributed by atoms with Gasteiger partial charge in [-0.15, -0.1) is 0 Å². The molecule has 1 saturated carbocycles. The van der Waals surface area contributed by atoms with E-state index in [-0.39, 0.29) is 6.04 Å². The van der Waals surface area contributed by atoms with Gasteiger partial charge in [-0.05, 0) is 36.3 Å². The molecule has 1 aromatic rings. The molecule has 0 saturated heterocycles. The van der Waals surface area contributed by atoms with Gasteiger partial charge in [-0.25, -0.2) is 4.79 Å². The van der Waals surface area contributed by atoms with Gasteiger partial charge in [-0.1, -0.05) is 44.0 Å². The largest absolute Gasteiger partial charge is 0.235 e. The average molecular weight is 229 g/mol. The lowest BCUT2D eigenvalue weighted by Crippen LogP contribution is -2.07. The standard InChI is InChI=1S/C15H19NO/c1-2-12-7-9-14(10-8-12)15(16-11-17)13-5-3-4-6-13/h7-10,13,15H,2-6H2,1H3. The van der Waals surface area contributed by atoms with Crippen LogP contribution in [-0.2, 0) is 11.2 Å². The summed E-state index contributed by atoms with van der Waals surface area (Å²) in [5.41, 5.74) is 2.49. The van der Waals surface area contributed by atoms with Crippen LogP contribution in [0.2, 0.25) is 0 Å². The third kappa shape index (κ3) is 2.83. The lowest BCUT2D eigenvalue weighted by atomic mass is 9.91. The normalized spacial score (nSPS) is 17.7. The fourth-order valence-electron chi connectivity index (χ4n) is 2.73. The molecular formula is C15H19NO. The molecule has 17 heavy (non-hydrogen) atoms. The molecule has 1 aliphatic carbocycles. The third-order valence-electron chi connectivity index (χ3n) is 3.77. The van der Waals surface area contributed by atoms with Crippen LogP contribution in [0.15, 0.2) is 29.3 Å². The van der Waals surface area contributed by atoms with E-state index < -0.39 is 0 Å². The minimum atomic E-state index is 0.0286. The average Bonchev–Trinajstić information content (AvgIpc) is 2.90. The summed E-state index contributed by atoms with van der Waals surface area (Å²) in [6.45, 7) is 2.15. The molecule has 2 heteroatoms. The van der Waals surface area contributed by atoms with E-state index in [4.69, 9.17) is 0 Å². The molecule has 1 aromatic carbocycles. The highest BCUT2D eigenvalue weighted by atomic mass is 16.1. The van der Waals surface area contributed by atoms with Crippen molar-refractivity contribution in [1.29, 1.82) is 0 Å². The highest BCUT2D eigenvalue weighted by Gasteiger charge is 2.25. The number of isocyanates is 1. The van der Waals surface area contributed by atoms with E-state index in [1.165, 1.54) is 31.2 Å². The second kappa shape index (κ2) is 5.79. The molecule has 0 heterocycles. The Labute approximate surface area is 103 Å². The van der Waals surface area contributed by atoms with E-state index in [1.807, 2.05) is 0 Å². The number of carbonyl (C=O) groups excluding carboxylic acids is 1. The van der Waals surface area contributed by atoms with E-state index >= 15 is 0 Å². The minimum absolute atomic E-state index is 0.0286. The summed E-state index contributed by atoms with van der Waals surface area (Å²) < 4.78 is 0. The molecule has 0 aromatic heterocycles. The van der Waals surface area contributed by atoms with E-state index in [0.717, 1.165) is 12.0 Å². The second-order valence-electron chi connectivity index (χ2n) is 4.80. The van der Waals surface area contributed by atoms with Crippen molar-refractivity contribution in [2.75, 3.05) is 0 Å². The Morgan fingerprint density at radius 1 is 1.29 bits per heavy atom. The summed E-state index contributed by atoms with van der Waals surface area (Å²) in [6, 6.07) is 8.53. The lowest BCUT2D eigenvalue weighted by Gasteiger charge is -2.18. The summed E-state index contributed by atoms with van der Waals surface area (Å²) in [5, 5.41) is 0. The van der Waals surface area contributed by atoms with Gasteiger partial charge in [0.2, 0.25) is 6.08 Å². The number of hydrogen-bond donors (Lipinski definition) is 0. The number of rotatable bonds is 4. The monoisotopic (exact) mass is 229 g/mol. The van der Waals surface area contributed by atoms with Gasteiger partial charge in [0.15, 0.2) is 0 Å². The molecular weight excluding hydrogens is 210 g/mol. The van der Waals surface area contributed by atoms with Crippen LogP contribution < -0.4 is 0 Å². The predicted molar refractivity (Wildman–Crippen MR) is 68.6 cm³/mol. The molecule has 0 spiro atoms. The van der Waals surface area contributed by atoms with Gasteiger partial charge in [-0.3, -0.25) is 0 Å². The van der Waals surface area contributed by atoms with Crippen molar-refractivity contribution in [2.45, 2.75) is 45.1 Å². The third-order valence-corrected chi connectivity index (χ3v) is 3.77. The summed E-state index contributed by atoms with van der Waals surface area (Å²) in [4.78, 5) is 14.6. The molecule has 0 N–H and O–H groups in total. The summed E-state index contributed by atoms with van der Waals surface area (Å²) in [5.74, 6) is 0.531. The summed E-state index contributed by atoms with van der Waals surface area (Å²) >= 11 is 0. The van der Waals surface area contributed by atoms with E-state index in [1.54, 1.807) is 6.08 Å². The Morgan fingerprint density at radius 3 is 2.47 bits per heavy atom. The number of nitrogens with zero attached hydrogens (tertiary/aromatic N) is 1. The van der Waals surface area contributed by atoms with Crippen molar-refractivity contribution in [1.82, 2.24) is 0 Å². The molecule has 0 amide bonds. The van der Waals surface area contributed by atoms with Crippen LogP contribution in [0.3, 0.4) is 0 Å². The fraction of sp³-hybridized carbons (Fsp3) is 0.533. The van der Waals surface area contributed by atoms with Gasteiger partial charge in [-0.2, -0.15) is 4.99 Å². The van der Waals surface area contributed by atoms with Gasteiger partial charge >= 0.3 is 0 Å².